The lowest BCUT2D eigenvalue weighted by atomic mass is 10.1. The molecule has 1 atom stereocenters. The molecule has 2 aromatic carbocycles. The molecular formula is C18H18Cl2N2O4S. The molecule has 0 saturated carbocycles. The lowest BCUT2D eigenvalue weighted by Crippen LogP contribution is -2.40. The van der Waals surface area contributed by atoms with Gasteiger partial charge >= 0.3 is 0 Å². The fourth-order valence-electron chi connectivity index (χ4n) is 2.70. The molecule has 2 aromatic rings. The summed E-state index contributed by atoms with van der Waals surface area (Å²) in [7, 11) is -3.98. The first-order valence-corrected chi connectivity index (χ1v) is 10.6. The van der Waals surface area contributed by atoms with Crippen molar-refractivity contribution >= 4 is 44.8 Å². The summed E-state index contributed by atoms with van der Waals surface area (Å²) in [6.07, 6.45) is 1.69. The smallest absolute Gasteiger partial charge is 0.263 e. The number of hydrogen-bond acceptors (Lipinski definition) is 4. The van der Waals surface area contributed by atoms with Gasteiger partial charge in [0.2, 0.25) is 0 Å². The molecule has 27 heavy (non-hydrogen) atoms. The molecule has 6 nitrogen and oxygen atoms in total. The molecule has 1 amide bonds. The minimum Gasteiger partial charge on any atom is -0.379 e. The van der Waals surface area contributed by atoms with Gasteiger partial charge < -0.3 is 10.1 Å². The van der Waals surface area contributed by atoms with Crippen LogP contribution in [0.5, 0.6) is 0 Å². The van der Waals surface area contributed by atoms with Crippen molar-refractivity contribution < 1.29 is 17.9 Å². The van der Waals surface area contributed by atoms with E-state index in [1.165, 1.54) is 30.3 Å². The van der Waals surface area contributed by atoms with Crippen molar-refractivity contribution in [2.45, 2.75) is 23.8 Å². The van der Waals surface area contributed by atoms with Crippen LogP contribution in [0.15, 0.2) is 47.4 Å². The molecular weight excluding hydrogens is 411 g/mol. The summed E-state index contributed by atoms with van der Waals surface area (Å²) in [4.78, 5) is 12.3. The highest BCUT2D eigenvalue weighted by Gasteiger charge is 2.22. The Morgan fingerprint density at radius 2 is 1.85 bits per heavy atom. The second kappa shape index (κ2) is 8.48. The van der Waals surface area contributed by atoms with E-state index in [1.807, 2.05) is 0 Å². The summed E-state index contributed by atoms with van der Waals surface area (Å²) in [5.74, 6) is -0.370. The van der Waals surface area contributed by atoms with E-state index in [1.54, 1.807) is 12.1 Å². The monoisotopic (exact) mass is 428 g/mol. The fraction of sp³-hybridized carbons (Fsp3) is 0.278. The van der Waals surface area contributed by atoms with Crippen molar-refractivity contribution in [3.63, 3.8) is 0 Å². The molecule has 0 aliphatic carbocycles. The summed E-state index contributed by atoms with van der Waals surface area (Å²) >= 11 is 11.9. The Morgan fingerprint density at radius 3 is 2.52 bits per heavy atom. The van der Waals surface area contributed by atoms with Crippen molar-refractivity contribution in [2.75, 3.05) is 17.9 Å². The average molecular weight is 429 g/mol. The third-order valence-corrected chi connectivity index (χ3v) is 6.19. The molecule has 1 unspecified atom stereocenters. The third kappa shape index (κ3) is 5.13. The maximum absolute atomic E-state index is 12.7. The van der Waals surface area contributed by atoms with Gasteiger partial charge in [-0.05, 0) is 55.3 Å². The van der Waals surface area contributed by atoms with E-state index in [2.05, 4.69) is 10.0 Å². The van der Waals surface area contributed by atoms with Crippen LogP contribution < -0.4 is 10.0 Å². The maximum atomic E-state index is 12.7. The van der Waals surface area contributed by atoms with E-state index in [0.29, 0.717) is 23.9 Å². The Morgan fingerprint density at radius 1 is 1.11 bits per heavy atom. The van der Waals surface area contributed by atoms with Crippen LogP contribution in [-0.2, 0) is 14.8 Å². The van der Waals surface area contributed by atoms with Crippen molar-refractivity contribution in [1.29, 1.82) is 0 Å². The Balaban J connectivity index is 1.81. The lowest BCUT2D eigenvalue weighted by molar-refractivity contribution is 0.0624. The van der Waals surface area contributed by atoms with Crippen molar-refractivity contribution in [1.82, 2.24) is 5.32 Å². The van der Waals surface area contributed by atoms with Gasteiger partial charge in [0.05, 0.1) is 17.7 Å². The highest BCUT2D eigenvalue weighted by Crippen LogP contribution is 2.26. The molecule has 1 fully saturated rings. The van der Waals surface area contributed by atoms with E-state index in [-0.39, 0.29) is 27.4 Å². The average Bonchev–Trinajstić information content (AvgIpc) is 2.64. The maximum Gasteiger partial charge on any atom is 0.263 e. The van der Waals surface area contributed by atoms with Gasteiger partial charge in [0, 0.05) is 22.9 Å². The molecule has 9 heteroatoms. The Bertz CT molecular complexity index is 927. The molecule has 1 aliphatic heterocycles. The predicted molar refractivity (Wildman–Crippen MR) is 105 cm³/mol. The highest BCUT2D eigenvalue weighted by molar-refractivity contribution is 7.92. The number of rotatable bonds is 5. The summed E-state index contributed by atoms with van der Waals surface area (Å²) < 4.78 is 33.2. The number of amides is 1. The number of anilines is 1. The predicted octanol–water partition coefficient (Wildman–Crippen LogP) is 3.70. The van der Waals surface area contributed by atoms with E-state index in [0.717, 1.165) is 12.8 Å². The van der Waals surface area contributed by atoms with Crippen LogP contribution in [-0.4, -0.2) is 33.6 Å². The zero-order valence-corrected chi connectivity index (χ0v) is 16.6. The van der Waals surface area contributed by atoms with E-state index in [9.17, 15) is 13.2 Å². The first kappa shape index (κ1) is 19.9. The zero-order valence-electron chi connectivity index (χ0n) is 14.2. The minimum atomic E-state index is -3.98. The number of carbonyl (C=O) groups is 1. The summed E-state index contributed by atoms with van der Waals surface area (Å²) in [5, 5.41) is 3.36. The quantitative estimate of drug-likeness (QED) is 0.759. The normalized spacial score (nSPS) is 17.3. The van der Waals surface area contributed by atoms with Crippen molar-refractivity contribution in [2.24, 2.45) is 0 Å². The second-order valence-corrected chi connectivity index (χ2v) is 8.64. The van der Waals surface area contributed by atoms with Gasteiger partial charge in [0.15, 0.2) is 0 Å². The number of hydrogen-bond donors (Lipinski definition) is 2. The minimum absolute atomic E-state index is 0.0222. The highest BCUT2D eigenvalue weighted by atomic mass is 35.5. The lowest BCUT2D eigenvalue weighted by Gasteiger charge is -2.23. The number of sulfonamides is 1. The first-order valence-electron chi connectivity index (χ1n) is 8.32. The van der Waals surface area contributed by atoms with E-state index < -0.39 is 10.0 Å². The summed E-state index contributed by atoms with van der Waals surface area (Å²) in [5.41, 5.74) is 0.547. The molecule has 0 radical (unpaired) electrons. The topological polar surface area (TPSA) is 84.5 Å². The van der Waals surface area contributed by atoms with Crippen LogP contribution in [0.3, 0.4) is 0 Å². The van der Waals surface area contributed by atoms with Gasteiger partial charge in [-0.15, -0.1) is 0 Å². The number of halogens is 2. The largest absolute Gasteiger partial charge is 0.379 e. The Labute approximate surface area is 167 Å². The SMILES string of the molecule is O=C(NC1CCCOC1)c1ccc(Cl)c(S(=O)(=O)Nc2ccc(Cl)cc2)c1. The first-order chi connectivity index (χ1) is 12.8. The molecule has 0 aromatic heterocycles. The zero-order chi connectivity index (χ0) is 19.4. The molecule has 1 heterocycles. The summed E-state index contributed by atoms with van der Waals surface area (Å²) in [6.45, 7) is 1.13. The van der Waals surface area contributed by atoms with Crippen molar-refractivity contribution in [3.05, 3.63) is 58.1 Å². The van der Waals surface area contributed by atoms with E-state index in [4.69, 9.17) is 27.9 Å². The van der Waals surface area contributed by atoms with Crippen LogP contribution in [0.1, 0.15) is 23.2 Å². The van der Waals surface area contributed by atoms with Crippen molar-refractivity contribution in [3.8, 4) is 0 Å². The van der Waals surface area contributed by atoms with Gasteiger partial charge in [-0.3, -0.25) is 9.52 Å². The number of carbonyl (C=O) groups excluding carboxylic acids is 1. The second-order valence-electron chi connectivity index (χ2n) is 6.15. The van der Waals surface area contributed by atoms with Crippen LogP contribution in [0.25, 0.3) is 0 Å². The summed E-state index contributed by atoms with van der Waals surface area (Å²) in [6, 6.07) is 10.3. The molecule has 3 rings (SSSR count). The van der Waals surface area contributed by atoms with Gasteiger partial charge in [0.1, 0.15) is 4.90 Å². The fourth-order valence-corrected chi connectivity index (χ4v) is 4.41. The van der Waals surface area contributed by atoms with Crippen LogP contribution >= 0.6 is 23.2 Å². The molecule has 2 N–H and O–H groups in total. The van der Waals surface area contributed by atoms with Crippen LogP contribution in [0.2, 0.25) is 10.0 Å². The van der Waals surface area contributed by atoms with Gasteiger partial charge in [-0.25, -0.2) is 8.42 Å². The number of nitrogens with one attached hydrogen (secondary N) is 2. The standard InChI is InChI=1S/C18H18Cl2N2O4S/c19-13-4-6-14(7-5-13)22-27(24,25)17-10-12(3-8-16(17)20)18(23)21-15-2-1-9-26-11-15/h3-8,10,15,22H,1-2,9,11H2,(H,21,23). The third-order valence-electron chi connectivity index (χ3n) is 4.07. The number of benzene rings is 2. The molecule has 0 spiro atoms. The van der Waals surface area contributed by atoms with Crippen LogP contribution in [0, 0.1) is 0 Å². The molecule has 1 saturated heterocycles. The molecule has 144 valence electrons. The number of ether oxygens (including phenoxy) is 1. The van der Waals surface area contributed by atoms with E-state index >= 15 is 0 Å². The molecule has 1 aliphatic rings. The van der Waals surface area contributed by atoms with Crippen LogP contribution in [0.4, 0.5) is 5.69 Å². The van der Waals surface area contributed by atoms with Gasteiger partial charge in [-0.1, -0.05) is 23.2 Å². The van der Waals surface area contributed by atoms with Gasteiger partial charge in [-0.2, -0.15) is 0 Å². The molecule has 0 bridgehead atoms. The Kier molecular flexibility index (Phi) is 6.26. The van der Waals surface area contributed by atoms with Gasteiger partial charge in [0.25, 0.3) is 15.9 Å². The Hall–Kier alpha value is -1.80.